The molecule has 2 atom stereocenters. The van der Waals surface area contributed by atoms with Gasteiger partial charge in [-0.1, -0.05) is 0 Å². The van der Waals surface area contributed by atoms with Gasteiger partial charge in [0.1, 0.15) is 4.90 Å². The van der Waals surface area contributed by atoms with Crippen LogP contribution in [0.15, 0.2) is 28.2 Å². The summed E-state index contributed by atoms with van der Waals surface area (Å²) >= 11 is 0. The topological polar surface area (TPSA) is 79.5 Å². The number of ether oxygens (including phenoxy) is 1. The van der Waals surface area contributed by atoms with E-state index in [-0.39, 0.29) is 17.1 Å². The van der Waals surface area contributed by atoms with E-state index in [4.69, 9.17) is 4.74 Å². The Balaban J connectivity index is 1.96. The molecule has 6 nitrogen and oxygen atoms in total. The number of nitrogens with one attached hydrogen (secondary N) is 1. The Labute approximate surface area is 105 Å². The van der Waals surface area contributed by atoms with Crippen LogP contribution in [-0.2, 0) is 14.8 Å². The van der Waals surface area contributed by atoms with Crippen molar-refractivity contribution in [3.05, 3.63) is 28.7 Å². The van der Waals surface area contributed by atoms with E-state index in [1.165, 1.54) is 22.8 Å². The number of aromatic nitrogens is 1. The zero-order valence-electron chi connectivity index (χ0n) is 9.70. The number of H-pyrrole nitrogens is 1. The summed E-state index contributed by atoms with van der Waals surface area (Å²) in [6.07, 6.45) is 4.39. The highest BCUT2D eigenvalue weighted by Gasteiger charge is 2.39. The molecule has 2 aliphatic rings. The van der Waals surface area contributed by atoms with Crippen LogP contribution in [0.3, 0.4) is 0 Å². The number of nitrogens with zero attached hydrogens (tertiary/aromatic N) is 1. The van der Waals surface area contributed by atoms with Crippen LogP contribution in [0.1, 0.15) is 12.8 Å². The maximum absolute atomic E-state index is 12.4. The smallest absolute Gasteiger partial charge is 0.248 e. The Bertz CT molecular complexity index is 597. The first-order valence-corrected chi connectivity index (χ1v) is 7.34. The molecule has 2 bridgehead atoms. The summed E-state index contributed by atoms with van der Waals surface area (Å²) in [4.78, 5) is 14.1. The molecule has 2 aliphatic heterocycles. The number of hydrogen-bond donors (Lipinski definition) is 1. The maximum Gasteiger partial charge on any atom is 0.248 e. The van der Waals surface area contributed by atoms with Crippen LogP contribution in [0.2, 0.25) is 0 Å². The molecule has 0 aromatic carbocycles. The lowest BCUT2D eigenvalue weighted by atomic mass is 10.2. The van der Waals surface area contributed by atoms with E-state index in [2.05, 4.69) is 4.98 Å². The monoisotopic (exact) mass is 270 g/mol. The zero-order chi connectivity index (χ0) is 12.8. The molecule has 0 spiro atoms. The lowest BCUT2D eigenvalue weighted by molar-refractivity contribution is -0.0114. The van der Waals surface area contributed by atoms with Crippen molar-refractivity contribution >= 4 is 10.0 Å². The fraction of sp³-hybridized carbons (Fsp3) is 0.545. The van der Waals surface area contributed by atoms with Crippen LogP contribution >= 0.6 is 0 Å². The highest BCUT2D eigenvalue weighted by Crippen LogP contribution is 2.28. The third-order valence-electron chi connectivity index (χ3n) is 3.42. The van der Waals surface area contributed by atoms with Crippen LogP contribution in [-0.4, -0.2) is 43.0 Å². The SMILES string of the molecule is O=c1cc[nH]cc1S(=O)(=O)N1CC2CCC(C1)O2. The Hall–Kier alpha value is -1.18. The number of pyridine rings is 1. The first-order chi connectivity index (χ1) is 8.57. The molecular formula is C11H14N2O4S. The van der Waals surface area contributed by atoms with E-state index in [9.17, 15) is 13.2 Å². The van der Waals surface area contributed by atoms with E-state index >= 15 is 0 Å². The molecule has 1 N–H and O–H groups in total. The van der Waals surface area contributed by atoms with Crippen molar-refractivity contribution < 1.29 is 13.2 Å². The summed E-state index contributed by atoms with van der Waals surface area (Å²) in [7, 11) is -3.71. The van der Waals surface area contributed by atoms with Gasteiger partial charge in [0, 0.05) is 31.5 Å². The molecule has 2 unspecified atom stereocenters. The standard InChI is InChI=1S/C11H14N2O4S/c14-10-3-4-12-5-11(10)18(15,16)13-6-8-1-2-9(7-13)17-8/h3-5,8-9H,1-2,6-7H2,(H,12,14). The van der Waals surface area contributed by atoms with Crippen LogP contribution in [0.5, 0.6) is 0 Å². The normalized spacial score (nSPS) is 28.4. The lowest BCUT2D eigenvalue weighted by Crippen LogP contribution is -2.46. The second-order valence-electron chi connectivity index (χ2n) is 4.65. The molecular weight excluding hydrogens is 256 g/mol. The lowest BCUT2D eigenvalue weighted by Gasteiger charge is -2.30. The average molecular weight is 270 g/mol. The Morgan fingerprint density at radius 1 is 1.28 bits per heavy atom. The maximum atomic E-state index is 12.4. The van der Waals surface area contributed by atoms with Crippen molar-refractivity contribution in [1.82, 2.24) is 9.29 Å². The van der Waals surface area contributed by atoms with Gasteiger partial charge in [0.05, 0.1) is 12.2 Å². The Morgan fingerprint density at radius 3 is 2.56 bits per heavy atom. The predicted molar refractivity (Wildman–Crippen MR) is 63.7 cm³/mol. The highest BCUT2D eigenvalue weighted by atomic mass is 32.2. The summed E-state index contributed by atoms with van der Waals surface area (Å²) in [6.45, 7) is 0.681. The van der Waals surface area contributed by atoms with Crippen molar-refractivity contribution in [2.45, 2.75) is 29.9 Å². The van der Waals surface area contributed by atoms with Gasteiger partial charge in [-0.3, -0.25) is 4.79 Å². The predicted octanol–water partition coefficient (Wildman–Crippen LogP) is -0.0732. The van der Waals surface area contributed by atoms with Crippen molar-refractivity contribution in [1.29, 1.82) is 0 Å². The summed E-state index contributed by atoms with van der Waals surface area (Å²) in [5.74, 6) is 0. The highest BCUT2D eigenvalue weighted by molar-refractivity contribution is 7.89. The second kappa shape index (κ2) is 4.18. The van der Waals surface area contributed by atoms with Crippen LogP contribution in [0, 0.1) is 0 Å². The molecule has 0 amide bonds. The van der Waals surface area contributed by atoms with Gasteiger partial charge in [0.2, 0.25) is 15.5 Å². The van der Waals surface area contributed by atoms with E-state index in [1.54, 1.807) is 0 Å². The second-order valence-corrected chi connectivity index (χ2v) is 6.56. The van der Waals surface area contributed by atoms with Crippen molar-refractivity contribution in [3.63, 3.8) is 0 Å². The van der Waals surface area contributed by atoms with Gasteiger partial charge >= 0.3 is 0 Å². The number of sulfonamides is 1. The first kappa shape index (κ1) is 11.9. The van der Waals surface area contributed by atoms with Gasteiger partial charge in [-0.05, 0) is 12.8 Å². The summed E-state index contributed by atoms with van der Waals surface area (Å²) < 4.78 is 31.7. The number of morpholine rings is 1. The molecule has 18 heavy (non-hydrogen) atoms. The molecule has 1 aromatic heterocycles. The van der Waals surface area contributed by atoms with Crippen LogP contribution in [0.25, 0.3) is 0 Å². The van der Waals surface area contributed by atoms with Crippen molar-refractivity contribution in [2.24, 2.45) is 0 Å². The summed E-state index contributed by atoms with van der Waals surface area (Å²) in [6, 6.07) is 1.22. The Kier molecular flexibility index (Phi) is 2.76. The number of rotatable bonds is 2. The van der Waals surface area contributed by atoms with Crippen molar-refractivity contribution in [2.75, 3.05) is 13.1 Å². The van der Waals surface area contributed by atoms with Gasteiger partial charge in [-0.15, -0.1) is 0 Å². The molecule has 98 valence electrons. The minimum Gasteiger partial charge on any atom is -0.372 e. The molecule has 0 radical (unpaired) electrons. The Morgan fingerprint density at radius 2 is 1.94 bits per heavy atom. The number of aromatic amines is 1. The zero-order valence-corrected chi connectivity index (χ0v) is 10.5. The van der Waals surface area contributed by atoms with E-state index in [0.717, 1.165) is 12.8 Å². The molecule has 2 saturated heterocycles. The van der Waals surface area contributed by atoms with Gasteiger partial charge in [-0.25, -0.2) is 8.42 Å². The molecule has 0 aliphatic carbocycles. The number of hydrogen-bond acceptors (Lipinski definition) is 4. The first-order valence-electron chi connectivity index (χ1n) is 5.90. The quantitative estimate of drug-likeness (QED) is 0.815. The third kappa shape index (κ3) is 1.88. The largest absolute Gasteiger partial charge is 0.372 e. The van der Waals surface area contributed by atoms with E-state index < -0.39 is 15.5 Å². The molecule has 3 rings (SSSR count). The summed E-state index contributed by atoms with van der Waals surface area (Å²) in [5.41, 5.74) is -0.479. The molecule has 3 heterocycles. The molecule has 7 heteroatoms. The fourth-order valence-electron chi connectivity index (χ4n) is 2.52. The van der Waals surface area contributed by atoms with Gasteiger partial charge < -0.3 is 9.72 Å². The number of fused-ring (bicyclic) bond motifs is 2. The van der Waals surface area contributed by atoms with Gasteiger partial charge in [-0.2, -0.15) is 4.31 Å². The van der Waals surface area contributed by atoms with Gasteiger partial charge in [0.25, 0.3) is 0 Å². The third-order valence-corrected chi connectivity index (χ3v) is 5.27. The molecule has 1 aromatic rings. The van der Waals surface area contributed by atoms with Crippen LogP contribution < -0.4 is 5.43 Å². The molecule has 2 fully saturated rings. The average Bonchev–Trinajstić information content (AvgIpc) is 2.68. The fourth-order valence-corrected chi connectivity index (χ4v) is 4.06. The van der Waals surface area contributed by atoms with Crippen LogP contribution in [0.4, 0.5) is 0 Å². The minimum atomic E-state index is -3.71. The van der Waals surface area contributed by atoms with E-state index in [0.29, 0.717) is 13.1 Å². The van der Waals surface area contributed by atoms with Crippen molar-refractivity contribution in [3.8, 4) is 0 Å². The molecule has 0 saturated carbocycles. The van der Waals surface area contributed by atoms with E-state index in [1.807, 2.05) is 0 Å². The minimum absolute atomic E-state index is 0.0266. The summed E-state index contributed by atoms with van der Waals surface area (Å²) in [5, 5.41) is 0. The van der Waals surface area contributed by atoms with Gasteiger partial charge in [0.15, 0.2) is 0 Å².